The molecule has 0 unspecified atom stereocenters. The zero-order valence-corrected chi connectivity index (χ0v) is 18.6. The van der Waals surface area contributed by atoms with Gasteiger partial charge in [-0.25, -0.2) is 0 Å². The summed E-state index contributed by atoms with van der Waals surface area (Å²) in [5.41, 5.74) is -1.80. The zero-order valence-electron chi connectivity index (χ0n) is 17.1. The number of alkyl halides is 3. The van der Waals surface area contributed by atoms with E-state index >= 15 is 0 Å². The van der Waals surface area contributed by atoms with Crippen LogP contribution in [0, 0.1) is 5.92 Å². The summed E-state index contributed by atoms with van der Waals surface area (Å²) in [5.74, 6) is -1.11. The first-order valence-electron chi connectivity index (χ1n) is 10.1. The van der Waals surface area contributed by atoms with Crippen molar-refractivity contribution in [2.45, 2.75) is 32.5 Å². The van der Waals surface area contributed by atoms with Gasteiger partial charge in [0.25, 0.3) is 0 Å². The second-order valence-corrected chi connectivity index (χ2v) is 9.00. The molecule has 3 aromatic rings. The maximum Gasteiger partial charge on any atom is 0.450 e. The van der Waals surface area contributed by atoms with Gasteiger partial charge >= 0.3 is 6.18 Å². The van der Waals surface area contributed by atoms with Gasteiger partial charge in [0.05, 0.1) is 21.5 Å². The summed E-state index contributed by atoms with van der Waals surface area (Å²) in [6.07, 6.45) is -3.07. The van der Waals surface area contributed by atoms with E-state index in [2.05, 4.69) is 6.92 Å². The molecule has 1 N–H and O–H groups in total. The molecule has 1 aliphatic heterocycles. The molecule has 32 heavy (non-hydrogen) atoms. The van der Waals surface area contributed by atoms with Crippen LogP contribution in [0.25, 0.3) is 22.1 Å². The first-order chi connectivity index (χ1) is 15.1. The molecule has 1 aromatic heterocycles. The zero-order chi connectivity index (χ0) is 23.2. The van der Waals surface area contributed by atoms with Gasteiger partial charge in [0, 0.05) is 17.1 Å². The fraction of sp³-hybridized carbons (Fsp3) is 0.348. The van der Waals surface area contributed by atoms with Gasteiger partial charge < -0.3 is 9.52 Å². The molecule has 2 aromatic carbocycles. The lowest BCUT2D eigenvalue weighted by molar-refractivity contribution is -0.152. The standard InChI is InChI=1S/C23H20Cl2F3NO3/c1-12-6-8-29(9-7-12)11-16-18(30)5-4-15-20(31)19(14-3-2-13(24)10-17(14)25)22(23(26,27)28)32-21(15)16/h2-5,10,12,30H,6-9,11H2,1H3. The number of hydrogen-bond donors (Lipinski definition) is 1. The van der Waals surface area contributed by atoms with Crippen LogP contribution in [-0.4, -0.2) is 23.1 Å². The van der Waals surface area contributed by atoms with Crippen LogP contribution in [0.1, 0.15) is 31.1 Å². The number of piperidine rings is 1. The van der Waals surface area contributed by atoms with Gasteiger partial charge in [-0.15, -0.1) is 0 Å². The van der Waals surface area contributed by atoms with Crippen LogP contribution in [0.3, 0.4) is 0 Å². The molecule has 9 heteroatoms. The Balaban J connectivity index is 1.95. The number of phenolic OH excluding ortho intramolecular Hbond substituents is 1. The minimum Gasteiger partial charge on any atom is -0.507 e. The Morgan fingerprint density at radius 3 is 2.47 bits per heavy atom. The van der Waals surface area contributed by atoms with Crippen molar-refractivity contribution in [3.63, 3.8) is 0 Å². The van der Waals surface area contributed by atoms with Crippen LogP contribution in [0.5, 0.6) is 5.75 Å². The number of rotatable bonds is 3. The number of benzene rings is 2. The molecule has 4 rings (SSSR count). The van der Waals surface area contributed by atoms with Crippen molar-refractivity contribution in [2.24, 2.45) is 5.92 Å². The topological polar surface area (TPSA) is 53.7 Å². The van der Waals surface area contributed by atoms with Gasteiger partial charge in [-0.05, 0) is 56.1 Å². The summed E-state index contributed by atoms with van der Waals surface area (Å²) in [7, 11) is 0. The third kappa shape index (κ3) is 4.34. The summed E-state index contributed by atoms with van der Waals surface area (Å²) in [5, 5.41) is 10.5. The van der Waals surface area contributed by atoms with E-state index in [0.717, 1.165) is 25.9 Å². The lowest BCUT2D eigenvalue weighted by Gasteiger charge is -2.30. The Hall–Kier alpha value is -2.22. The van der Waals surface area contributed by atoms with Crippen molar-refractivity contribution in [1.29, 1.82) is 0 Å². The molecule has 1 aliphatic rings. The van der Waals surface area contributed by atoms with Gasteiger partial charge in [-0.3, -0.25) is 9.69 Å². The van der Waals surface area contributed by atoms with Crippen molar-refractivity contribution in [1.82, 2.24) is 4.90 Å². The van der Waals surface area contributed by atoms with Crippen LogP contribution in [0.2, 0.25) is 10.0 Å². The highest BCUT2D eigenvalue weighted by molar-refractivity contribution is 6.36. The van der Waals surface area contributed by atoms with Gasteiger partial charge in [-0.2, -0.15) is 13.2 Å². The number of nitrogens with zero attached hydrogens (tertiary/aromatic N) is 1. The Kier molecular flexibility index (Phi) is 6.18. The normalized spacial score (nSPS) is 16.1. The van der Waals surface area contributed by atoms with E-state index in [4.69, 9.17) is 27.6 Å². The summed E-state index contributed by atoms with van der Waals surface area (Å²) in [6.45, 7) is 3.81. The highest BCUT2D eigenvalue weighted by atomic mass is 35.5. The molecule has 0 saturated carbocycles. The molecule has 0 spiro atoms. The molecule has 0 aliphatic carbocycles. The molecule has 0 amide bonds. The molecular weight excluding hydrogens is 466 g/mol. The third-order valence-electron chi connectivity index (χ3n) is 5.85. The highest BCUT2D eigenvalue weighted by Crippen LogP contribution is 2.41. The predicted octanol–water partition coefficient (Wildman–Crippen LogP) is 6.72. The molecule has 0 atom stereocenters. The second kappa shape index (κ2) is 8.61. The lowest BCUT2D eigenvalue weighted by Crippen LogP contribution is -2.32. The highest BCUT2D eigenvalue weighted by Gasteiger charge is 2.40. The summed E-state index contributed by atoms with van der Waals surface area (Å²) < 4.78 is 47.4. The van der Waals surface area contributed by atoms with Crippen LogP contribution in [0.4, 0.5) is 13.2 Å². The van der Waals surface area contributed by atoms with Crippen molar-refractivity contribution >= 4 is 34.2 Å². The van der Waals surface area contributed by atoms with Crippen molar-refractivity contribution in [3.8, 4) is 16.9 Å². The lowest BCUT2D eigenvalue weighted by atomic mass is 9.97. The Labute approximate surface area is 192 Å². The largest absolute Gasteiger partial charge is 0.507 e. The molecule has 0 radical (unpaired) electrons. The third-order valence-corrected chi connectivity index (χ3v) is 6.40. The molecule has 2 heterocycles. The monoisotopic (exact) mass is 485 g/mol. The average Bonchev–Trinajstić information content (AvgIpc) is 2.71. The van der Waals surface area contributed by atoms with Crippen molar-refractivity contribution in [2.75, 3.05) is 13.1 Å². The fourth-order valence-corrected chi connectivity index (χ4v) is 4.54. The number of fused-ring (bicyclic) bond motifs is 1. The van der Waals surface area contributed by atoms with E-state index in [1.54, 1.807) is 0 Å². The first kappa shape index (κ1) is 23.0. The van der Waals surface area contributed by atoms with E-state index in [-0.39, 0.29) is 44.4 Å². The van der Waals surface area contributed by atoms with Gasteiger partial charge in [0.2, 0.25) is 11.2 Å². The minimum atomic E-state index is -4.96. The molecular formula is C23H20Cl2F3NO3. The van der Waals surface area contributed by atoms with Crippen LogP contribution in [-0.2, 0) is 12.7 Å². The predicted molar refractivity (Wildman–Crippen MR) is 118 cm³/mol. The van der Waals surface area contributed by atoms with Gasteiger partial charge in [-0.1, -0.05) is 36.2 Å². The number of halogens is 5. The number of likely N-dealkylation sites (tertiary alicyclic amines) is 1. The van der Waals surface area contributed by atoms with E-state index < -0.39 is 22.9 Å². The molecule has 4 nitrogen and oxygen atoms in total. The summed E-state index contributed by atoms with van der Waals surface area (Å²) >= 11 is 12.0. The summed E-state index contributed by atoms with van der Waals surface area (Å²) in [6, 6.07) is 6.45. The fourth-order valence-electron chi connectivity index (χ4n) is 4.04. The first-order valence-corrected chi connectivity index (χ1v) is 10.9. The van der Waals surface area contributed by atoms with E-state index in [1.165, 1.54) is 30.3 Å². The Morgan fingerprint density at radius 1 is 1.16 bits per heavy atom. The maximum atomic E-state index is 14.0. The smallest absolute Gasteiger partial charge is 0.450 e. The number of aromatic hydroxyl groups is 1. The van der Waals surface area contributed by atoms with Crippen molar-refractivity contribution in [3.05, 3.63) is 61.9 Å². The average molecular weight is 486 g/mol. The number of hydrogen-bond acceptors (Lipinski definition) is 4. The van der Waals surface area contributed by atoms with Crippen molar-refractivity contribution < 1.29 is 22.7 Å². The SMILES string of the molecule is CC1CCN(Cc2c(O)ccc3c(=O)c(-c4ccc(Cl)cc4Cl)c(C(F)(F)F)oc23)CC1. The maximum absolute atomic E-state index is 14.0. The van der Waals surface area contributed by atoms with Gasteiger partial charge in [0.1, 0.15) is 11.3 Å². The van der Waals surface area contributed by atoms with Crippen LogP contribution in [0.15, 0.2) is 39.5 Å². The van der Waals surface area contributed by atoms with E-state index in [0.29, 0.717) is 5.92 Å². The van der Waals surface area contributed by atoms with Crippen LogP contribution >= 0.6 is 23.2 Å². The number of phenols is 1. The molecule has 1 fully saturated rings. The second-order valence-electron chi connectivity index (χ2n) is 8.16. The quantitative estimate of drug-likeness (QED) is 0.447. The molecule has 0 bridgehead atoms. The van der Waals surface area contributed by atoms with E-state index in [9.17, 15) is 23.1 Å². The molecule has 1 saturated heterocycles. The Morgan fingerprint density at radius 2 is 1.84 bits per heavy atom. The van der Waals surface area contributed by atoms with Gasteiger partial charge in [0.15, 0.2) is 0 Å². The molecule has 170 valence electrons. The van der Waals surface area contributed by atoms with E-state index in [1.807, 2.05) is 4.90 Å². The van der Waals surface area contributed by atoms with Crippen LogP contribution < -0.4 is 5.43 Å². The minimum absolute atomic E-state index is 0.0582. The summed E-state index contributed by atoms with van der Waals surface area (Å²) in [4.78, 5) is 15.3. The Bertz CT molecular complexity index is 1230.